The zero-order valence-corrected chi connectivity index (χ0v) is 11.0. The van der Waals surface area contributed by atoms with Crippen molar-refractivity contribution in [3.63, 3.8) is 0 Å². The average molecular weight is 236 g/mol. The number of rotatable bonds is 9. The third-order valence-electron chi connectivity index (χ3n) is 2.77. The zero-order valence-electron chi connectivity index (χ0n) is 11.0. The highest BCUT2D eigenvalue weighted by atomic mass is 16.5. The number of ether oxygens (including phenoxy) is 2. The predicted molar refractivity (Wildman–Crippen MR) is 71.4 cm³/mol. The Bertz CT molecular complexity index is 272. The number of unbranched alkanes of at least 4 members (excludes halogenated alkanes) is 1. The van der Waals surface area contributed by atoms with E-state index < -0.39 is 0 Å². The van der Waals surface area contributed by atoms with Crippen molar-refractivity contribution in [2.45, 2.75) is 32.6 Å². The second-order valence-electron chi connectivity index (χ2n) is 4.29. The van der Waals surface area contributed by atoms with Crippen LogP contribution in [0.1, 0.15) is 38.2 Å². The van der Waals surface area contributed by atoms with Crippen molar-refractivity contribution >= 4 is 0 Å². The summed E-state index contributed by atoms with van der Waals surface area (Å²) < 4.78 is 10.9. The predicted octanol–water partition coefficient (Wildman–Crippen LogP) is 3.62. The fourth-order valence-corrected chi connectivity index (χ4v) is 1.69. The molecule has 0 amide bonds. The SMILES string of the molecule is CCOCCCCOCC(C)c1ccccc1. The van der Waals surface area contributed by atoms with E-state index >= 15 is 0 Å². The summed E-state index contributed by atoms with van der Waals surface area (Å²) >= 11 is 0. The molecule has 0 fully saturated rings. The molecule has 2 nitrogen and oxygen atoms in total. The first-order valence-electron chi connectivity index (χ1n) is 6.55. The molecule has 1 unspecified atom stereocenters. The van der Waals surface area contributed by atoms with Gasteiger partial charge in [0.15, 0.2) is 0 Å². The van der Waals surface area contributed by atoms with Crippen LogP contribution in [0, 0.1) is 0 Å². The van der Waals surface area contributed by atoms with Gasteiger partial charge in [-0.05, 0) is 25.3 Å². The van der Waals surface area contributed by atoms with Gasteiger partial charge >= 0.3 is 0 Å². The van der Waals surface area contributed by atoms with E-state index in [1.165, 1.54) is 5.56 Å². The van der Waals surface area contributed by atoms with Gasteiger partial charge in [-0.15, -0.1) is 0 Å². The summed E-state index contributed by atoms with van der Waals surface area (Å²) in [5.41, 5.74) is 1.35. The molecule has 0 aliphatic rings. The van der Waals surface area contributed by atoms with Crippen LogP contribution in [0.5, 0.6) is 0 Å². The molecule has 0 heterocycles. The Labute approximate surface area is 105 Å². The van der Waals surface area contributed by atoms with Crippen LogP contribution in [-0.2, 0) is 9.47 Å². The molecule has 96 valence electrons. The fraction of sp³-hybridized carbons (Fsp3) is 0.600. The number of hydrogen-bond donors (Lipinski definition) is 0. The lowest BCUT2D eigenvalue weighted by Crippen LogP contribution is -2.06. The maximum Gasteiger partial charge on any atom is 0.0532 e. The third-order valence-corrected chi connectivity index (χ3v) is 2.77. The second kappa shape index (κ2) is 9.20. The van der Waals surface area contributed by atoms with Crippen molar-refractivity contribution in [1.82, 2.24) is 0 Å². The van der Waals surface area contributed by atoms with Gasteiger partial charge in [-0.1, -0.05) is 37.3 Å². The van der Waals surface area contributed by atoms with E-state index in [0.29, 0.717) is 5.92 Å². The van der Waals surface area contributed by atoms with E-state index in [0.717, 1.165) is 39.3 Å². The van der Waals surface area contributed by atoms with Crippen molar-refractivity contribution < 1.29 is 9.47 Å². The Morgan fingerprint density at radius 1 is 1.00 bits per heavy atom. The minimum Gasteiger partial charge on any atom is -0.382 e. The average Bonchev–Trinajstić information content (AvgIpc) is 2.38. The van der Waals surface area contributed by atoms with Crippen LogP contribution < -0.4 is 0 Å². The molecule has 1 rings (SSSR count). The Morgan fingerprint density at radius 3 is 2.29 bits per heavy atom. The van der Waals surface area contributed by atoms with Gasteiger partial charge in [0.1, 0.15) is 0 Å². The minimum atomic E-state index is 0.475. The van der Waals surface area contributed by atoms with Crippen LogP contribution in [0.15, 0.2) is 30.3 Å². The van der Waals surface area contributed by atoms with E-state index in [2.05, 4.69) is 31.2 Å². The smallest absolute Gasteiger partial charge is 0.0532 e. The quantitative estimate of drug-likeness (QED) is 0.610. The number of benzene rings is 1. The molecule has 0 bridgehead atoms. The lowest BCUT2D eigenvalue weighted by atomic mass is 10.0. The zero-order chi connectivity index (χ0) is 12.3. The molecule has 0 aromatic heterocycles. The molecule has 0 radical (unpaired) electrons. The molecule has 2 heteroatoms. The van der Waals surface area contributed by atoms with Crippen LogP contribution >= 0.6 is 0 Å². The van der Waals surface area contributed by atoms with Gasteiger partial charge in [0.05, 0.1) is 6.61 Å². The standard InChI is InChI=1S/C15H24O2/c1-3-16-11-7-8-12-17-13-14(2)15-9-5-4-6-10-15/h4-6,9-10,14H,3,7-8,11-13H2,1-2H3. The van der Waals surface area contributed by atoms with Crippen molar-refractivity contribution in [3.8, 4) is 0 Å². The van der Waals surface area contributed by atoms with Crippen LogP contribution in [0.25, 0.3) is 0 Å². The molecule has 1 aromatic carbocycles. The van der Waals surface area contributed by atoms with E-state index in [1.807, 2.05) is 13.0 Å². The van der Waals surface area contributed by atoms with Crippen LogP contribution in [0.3, 0.4) is 0 Å². The third kappa shape index (κ3) is 6.44. The van der Waals surface area contributed by atoms with Gasteiger partial charge in [0, 0.05) is 25.7 Å². The lowest BCUT2D eigenvalue weighted by Gasteiger charge is -2.12. The van der Waals surface area contributed by atoms with Gasteiger partial charge in [-0.3, -0.25) is 0 Å². The van der Waals surface area contributed by atoms with E-state index in [4.69, 9.17) is 9.47 Å². The summed E-state index contributed by atoms with van der Waals surface area (Å²) in [4.78, 5) is 0. The Balaban J connectivity index is 2.03. The van der Waals surface area contributed by atoms with Crippen LogP contribution in [-0.4, -0.2) is 26.4 Å². The van der Waals surface area contributed by atoms with Gasteiger partial charge in [-0.2, -0.15) is 0 Å². The number of hydrogen-bond acceptors (Lipinski definition) is 2. The molecule has 1 aromatic rings. The summed E-state index contributed by atoms with van der Waals surface area (Å²) in [5, 5.41) is 0. The highest BCUT2D eigenvalue weighted by Crippen LogP contribution is 2.14. The van der Waals surface area contributed by atoms with Crippen molar-refractivity contribution in [2.75, 3.05) is 26.4 Å². The van der Waals surface area contributed by atoms with Gasteiger partial charge < -0.3 is 9.47 Å². The first-order valence-corrected chi connectivity index (χ1v) is 6.55. The maximum absolute atomic E-state index is 5.67. The molecule has 1 atom stereocenters. The Morgan fingerprint density at radius 2 is 1.65 bits per heavy atom. The summed E-state index contributed by atoms with van der Waals surface area (Å²) in [6.07, 6.45) is 2.18. The summed E-state index contributed by atoms with van der Waals surface area (Å²) in [6, 6.07) is 10.5. The Hall–Kier alpha value is -0.860. The molecule has 0 aliphatic heterocycles. The van der Waals surface area contributed by atoms with E-state index in [9.17, 15) is 0 Å². The molecule has 0 saturated heterocycles. The maximum atomic E-state index is 5.67. The molecule has 0 spiro atoms. The topological polar surface area (TPSA) is 18.5 Å². The normalized spacial score (nSPS) is 12.6. The summed E-state index contributed by atoms with van der Waals surface area (Å²) in [5.74, 6) is 0.475. The molecule has 17 heavy (non-hydrogen) atoms. The Kier molecular flexibility index (Phi) is 7.69. The first kappa shape index (κ1) is 14.2. The van der Waals surface area contributed by atoms with Crippen molar-refractivity contribution in [2.24, 2.45) is 0 Å². The van der Waals surface area contributed by atoms with Crippen molar-refractivity contribution in [3.05, 3.63) is 35.9 Å². The minimum absolute atomic E-state index is 0.475. The second-order valence-corrected chi connectivity index (χ2v) is 4.29. The molecular formula is C15H24O2. The monoisotopic (exact) mass is 236 g/mol. The molecule has 0 N–H and O–H groups in total. The summed E-state index contributed by atoms with van der Waals surface area (Å²) in [7, 11) is 0. The van der Waals surface area contributed by atoms with Crippen LogP contribution in [0.2, 0.25) is 0 Å². The lowest BCUT2D eigenvalue weighted by molar-refractivity contribution is 0.102. The van der Waals surface area contributed by atoms with E-state index in [-0.39, 0.29) is 0 Å². The fourth-order valence-electron chi connectivity index (χ4n) is 1.69. The van der Waals surface area contributed by atoms with Crippen molar-refractivity contribution in [1.29, 1.82) is 0 Å². The molecule has 0 saturated carbocycles. The highest BCUT2D eigenvalue weighted by Gasteiger charge is 2.04. The van der Waals surface area contributed by atoms with Gasteiger partial charge in [0.25, 0.3) is 0 Å². The largest absolute Gasteiger partial charge is 0.382 e. The molecule has 0 aliphatic carbocycles. The van der Waals surface area contributed by atoms with Gasteiger partial charge in [-0.25, -0.2) is 0 Å². The van der Waals surface area contributed by atoms with Gasteiger partial charge in [0.2, 0.25) is 0 Å². The molecular weight excluding hydrogens is 212 g/mol. The first-order chi connectivity index (χ1) is 8.34. The summed E-state index contributed by atoms with van der Waals surface area (Å²) in [6.45, 7) is 7.54. The van der Waals surface area contributed by atoms with E-state index in [1.54, 1.807) is 0 Å². The highest BCUT2D eigenvalue weighted by molar-refractivity contribution is 5.18. The van der Waals surface area contributed by atoms with Crippen LogP contribution in [0.4, 0.5) is 0 Å².